The molecule has 30 heavy (non-hydrogen) atoms. The minimum absolute atomic E-state index is 0.0151. The van der Waals surface area contributed by atoms with Crippen molar-refractivity contribution in [1.82, 2.24) is 19.8 Å². The topological polar surface area (TPSA) is 90.9 Å². The fraction of sp³-hybridized carbons (Fsp3) is 0.579. The van der Waals surface area contributed by atoms with Gasteiger partial charge in [0.1, 0.15) is 6.54 Å². The summed E-state index contributed by atoms with van der Waals surface area (Å²) < 4.78 is 39.8. The third kappa shape index (κ3) is 5.07. The van der Waals surface area contributed by atoms with Crippen LogP contribution in [0.2, 0.25) is 0 Å². The number of alkyl halides is 3. The molecule has 0 aliphatic carbocycles. The number of hydrogen-bond acceptors (Lipinski definition) is 7. The summed E-state index contributed by atoms with van der Waals surface area (Å²) in [6.07, 6.45) is -1.31. The molecule has 1 amide bonds. The second-order valence-electron chi connectivity index (χ2n) is 7.54. The molecular formula is C19H26F3N7O. The fourth-order valence-electron chi connectivity index (χ4n) is 3.18. The first-order chi connectivity index (χ1) is 14.2. The van der Waals surface area contributed by atoms with Crippen molar-refractivity contribution in [1.29, 1.82) is 0 Å². The number of hydrogen-bond donors (Lipinski definition) is 1. The largest absolute Gasteiger partial charge is 0.433 e. The van der Waals surface area contributed by atoms with Crippen molar-refractivity contribution in [3.63, 3.8) is 0 Å². The number of aromatic nitrogens is 2. The molecule has 2 aliphatic rings. The van der Waals surface area contributed by atoms with E-state index in [1.165, 1.54) is 6.21 Å². The number of rotatable bonds is 5. The van der Waals surface area contributed by atoms with Crippen LogP contribution in [0.1, 0.15) is 24.7 Å². The summed E-state index contributed by atoms with van der Waals surface area (Å²) >= 11 is 0. The van der Waals surface area contributed by atoms with Gasteiger partial charge in [-0.1, -0.05) is 0 Å². The van der Waals surface area contributed by atoms with Crippen LogP contribution in [0.15, 0.2) is 17.3 Å². The highest BCUT2D eigenvalue weighted by Gasteiger charge is 2.35. The Balaban J connectivity index is 1.73. The summed E-state index contributed by atoms with van der Waals surface area (Å²) in [6.45, 7) is 5.16. The normalized spacial score (nSPS) is 21.2. The third-order valence-corrected chi connectivity index (χ3v) is 5.39. The average molecular weight is 425 g/mol. The number of likely N-dealkylation sites (N-methyl/N-ethyl adjacent to an activating group) is 1. The van der Waals surface area contributed by atoms with Gasteiger partial charge in [0.25, 0.3) is 0 Å². The number of nitrogens with two attached hydrogens (primary N) is 1. The first kappa shape index (κ1) is 22.0. The molecule has 1 unspecified atom stereocenters. The lowest BCUT2D eigenvalue weighted by Gasteiger charge is -2.37. The standard InChI is InChI=1S/C19H26F3N7O/c1-13-12-29(7-6-27(13)2)17(30)11-24-10-14(9-23)15-8-16(19(20,21)22)26-18(25-15)28-4-3-5-28/h8-10,13H,3-7,11-12,23H2,1-2H3. The number of anilines is 1. The molecule has 1 atom stereocenters. The van der Waals surface area contributed by atoms with Crippen molar-refractivity contribution in [2.24, 2.45) is 10.7 Å². The smallest absolute Gasteiger partial charge is 0.404 e. The molecule has 11 heteroatoms. The number of carbonyl (C=O) groups excluding carboxylic acids is 1. The predicted octanol–water partition coefficient (Wildman–Crippen LogP) is 1.24. The quantitative estimate of drug-likeness (QED) is 0.714. The van der Waals surface area contributed by atoms with E-state index in [0.717, 1.165) is 25.2 Å². The number of nitrogens with zero attached hydrogens (tertiary/aromatic N) is 6. The molecule has 8 nitrogen and oxygen atoms in total. The van der Waals surface area contributed by atoms with Gasteiger partial charge in [0.2, 0.25) is 11.9 Å². The van der Waals surface area contributed by atoms with E-state index in [1.54, 1.807) is 9.80 Å². The van der Waals surface area contributed by atoms with E-state index in [2.05, 4.69) is 19.9 Å². The first-order valence-corrected chi connectivity index (χ1v) is 9.80. The maximum absolute atomic E-state index is 13.3. The molecular weight excluding hydrogens is 399 g/mol. The van der Waals surface area contributed by atoms with Crippen LogP contribution >= 0.6 is 0 Å². The van der Waals surface area contributed by atoms with E-state index in [-0.39, 0.29) is 35.7 Å². The summed E-state index contributed by atoms with van der Waals surface area (Å²) in [5.74, 6) is -0.121. The molecule has 0 spiro atoms. The molecule has 2 N–H and O–H groups in total. The van der Waals surface area contributed by atoms with Gasteiger partial charge in [-0.25, -0.2) is 9.97 Å². The molecule has 164 valence electrons. The van der Waals surface area contributed by atoms with Crippen LogP contribution in [-0.2, 0) is 11.0 Å². The Hall–Kier alpha value is -2.69. The van der Waals surface area contributed by atoms with E-state index < -0.39 is 11.9 Å². The van der Waals surface area contributed by atoms with Gasteiger partial charge in [0.15, 0.2) is 5.69 Å². The average Bonchev–Trinajstić information content (AvgIpc) is 2.65. The zero-order valence-electron chi connectivity index (χ0n) is 17.1. The summed E-state index contributed by atoms with van der Waals surface area (Å²) in [5, 5.41) is 0. The van der Waals surface area contributed by atoms with Gasteiger partial charge in [-0.05, 0) is 26.5 Å². The minimum atomic E-state index is -4.61. The SMILES string of the molecule is CC1CN(C(=O)CN=CC(=CN)c2cc(C(F)(F)F)nc(N3CCC3)n2)CCN1C. The molecule has 0 bridgehead atoms. The molecule has 0 aromatic carbocycles. The highest BCUT2D eigenvalue weighted by atomic mass is 19.4. The van der Waals surface area contributed by atoms with Gasteiger partial charge in [0, 0.05) is 56.8 Å². The molecule has 2 aliphatic heterocycles. The van der Waals surface area contributed by atoms with Crippen molar-refractivity contribution in [3.05, 3.63) is 23.7 Å². The summed E-state index contributed by atoms with van der Waals surface area (Å²) in [4.78, 5) is 29.9. The lowest BCUT2D eigenvalue weighted by molar-refractivity contribution is -0.141. The Morgan fingerprint density at radius 3 is 2.60 bits per heavy atom. The summed E-state index contributed by atoms with van der Waals surface area (Å²) in [7, 11) is 2.01. The molecule has 1 aromatic rings. The van der Waals surface area contributed by atoms with E-state index >= 15 is 0 Å². The Labute approximate surface area is 173 Å². The molecule has 2 fully saturated rings. The molecule has 3 rings (SSSR count). The van der Waals surface area contributed by atoms with Crippen LogP contribution in [0.25, 0.3) is 5.57 Å². The van der Waals surface area contributed by atoms with E-state index in [0.29, 0.717) is 26.2 Å². The van der Waals surface area contributed by atoms with Crippen molar-refractivity contribution in [3.8, 4) is 0 Å². The van der Waals surface area contributed by atoms with E-state index in [4.69, 9.17) is 5.73 Å². The first-order valence-electron chi connectivity index (χ1n) is 9.80. The Morgan fingerprint density at radius 1 is 1.30 bits per heavy atom. The van der Waals surface area contributed by atoms with Gasteiger partial charge in [0.05, 0.1) is 5.69 Å². The second-order valence-corrected chi connectivity index (χ2v) is 7.54. The predicted molar refractivity (Wildman–Crippen MR) is 108 cm³/mol. The fourth-order valence-corrected chi connectivity index (χ4v) is 3.18. The second kappa shape index (κ2) is 8.99. The number of amides is 1. The van der Waals surface area contributed by atoms with Crippen molar-refractivity contribution in [2.45, 2.75) is 25.6 Å². The highest BCUT2D eigenvalue weighted by molar-refractivity contribution is 6.09. The number of carbonyl (C=O) groups is 1. The third-order valence-electron chi connectivity index (χ3n) is 5.39. The van der Waals surface area contributed by atoms with Crippen molar-refractivity contribution >= 4 is 23.6 Å². The Kier molecular flexibility index (Phi) is 6.59. The van der Waals surface area contributed by atoms with E-state index in [9.17, 15) is 18.0 Å². The zero-order valence-corrected chi connectivity index (χ0v) is 17.1. The molecule has 2 saturated heterocycles. The van der Waals surface area contributed by atoms with Gasteiger partial charge in [-0.3, -0.25) is 9.79 Å². The van der Waals surface area contributed by atoms with Crippen molar-refractivity contribution in [2.75, 3.05) is 51.2 Å². The number of piperazine rings is 1. The molecule has 0 radical (unpaired) electrons. The minimum Gasteiger partial charge on any atom is -0.404 e. The van der Waals surface area contributed by atoms with E-state index in [1.807, 2.05) is 14.0 Å². The van der Waals surface area contributed by atoms with Gasteiger partial charge in [-0.2, -0.15) is 13.2 Å². The van der Waals surface area contributed by atoms with Crippen LogP contribution in [0.5, 0.6) is 0 Å². The molecule has 0 saturated carbocycles. The summed E-state index contributed by atoms with van der Waals surface area (Å²) in [5.41, 5.74) is 4.80. The monoisotopic (exact) mass is 425 g/mol. The van der Waals surface area contributed by atoms with Crippen LogP contribution in [0, 0.1) is 0 Å². The van der Waals surface area contributed by atoms with Crippen LogP contribution < -0.4 is 10.6 Å². The summed E-state index contributed by atoms with van der Waals surface area (Å²) in [6, 6.07) is 1.10. The lowest BCUT2D eigenvalue weighted by Crippen LogP contribution is -2.52. The maximum Gasteiger partial charge on any atom is 0.433 e. The van der Waals surface area contributed by atoms with Crippen LogP contribution in [0.4, 0.5) is 19.1 Å². The van der Waals surface area contributed by atoms with Gasteiger partial charge in [-0.15, -0.1) is 0 Å². The van der Waals surface area contributed by atoms with Crippen molar-refractivity contribution < 1.29 is 18.0 Å². The van der Waals surface area contributed by atoms with Crippen LogP contribution in [-0.4, -0.2) is 84.2 Å². The molecule has 3 heterocycles. The number of allylic oxidation sites excluding steroid dienone is 1. The van der Waals surface area contributed by atoms with Gasteiger partial charge < -0.3 is 20.4 Å². The number of halogens is 3. The lowest BCUT2D eigenvalue weighted by atomic mass is 10.1. The Morgan fingerprint density at radius 2 is 2.03 bits per heavy atom. The maximum atomic E-state index is 13.3. The highest BCUT2D eigenvalue weighted by Crippen LogP contribution is 2.31. The van der Waals surface area contributed by atoms with Gasteiger partial charge >= 0.3 is 6.18 Å². The van der Waals surface area contributed by atoms with Crippen LogP contribution in [0.3, 0.4) is 0 Å². The Bertz CT molecular complexity index is 836. The zero-order chi connectivity index (χ0) is 21.9. The molecule has 1 aromatic heterocycles. The number of aliphatic imine (C=N–C) groups is 1.